The molecular formula is C12H18F3NO3. The van der Waals surface area contributed by atoms with E-state index in [1.807, 2.05) is 0 Å². The summed E-state index contributed by atoms with van der Waals surface area (Å²) in [6, 6.07) is 0. The van der Waals surface area contributed by atoms with Crippen LogP contribution < -0.4 is 5.32 Å². The van der Waals surface area contributed by atoms with Crippen LogP contribution in [0.2, 0.25) is 0 Å². The minimum Gasteiger partial charge on any atom is -0.480 e. The molecule has 0 spiro atoms. The van der Waals surface area contributed by atoms with E-state index in [4.69, 9.17) is 5.11 Å². The van der Waals surface area contributed by atoms with E-state index in [1.54, 1.807) is 0 Å². The van der Waals surface area contributed by atoms with Gasteiger partial charge in [-0.2, -0.15) is 13.2 Å². The molecule has 110 valence electrons. The molecule has 1 aliphatic carbocycles. The largest absolute Gasteiger partial charge is 0.480 e. The van der Waals surface area contributed by atoms with E-state index in [-0.39, 0.29) is 12.8 Å². The van der Waals surface area contributed by atoms with Gasteiger partial charge < -0.3 is 10.4 Å². The number of carboxylic acids is 1. The van der Waals surface area contributed by atoms with Crippen molar-refractivity contribution in [3.8, 4) is 0 Å². The van der Waals surface area contributed by atoms with Crippen molar-refractivity contribution in [2.24, 2.45) is 5.41 Å². The van der Waals surface area contributed by atoms with Crippen LogP contribution in [0, 0.1) is 5.41 Å². The third-order valence-electron chi connectivity index (χ3n) is 3.62. The van der Waals surface area contributed by atoms with Gasteiger partial charge in [0.1, 0.15) is 5.54 Å². The van der Waals surface area contributed by atoms with Crippen molar-refractivity contribution in [1.82, 2.24) is 5.32 Å². The smallest absolute Gasteiger partial charge is 0.394 e. The lowest BCUT2D eigenvalue weighted by atomic mass is 9.87. The maximum Gasteiger partial charge on any atom is 0.394 e. The van der Waals surface area contributed by atoms with Gasteiger partial charge in [0.25, 0.3) is 0 Å². The third kappa shape index (κ3) is 3.39. The maximum absolute atomic E-state index is 12.7. The highest BCUT2D eigenvalue weighted by atomic mass is 19.4. The molecule has 0 aromatic heterocycles. The Balaban J connectivity index is 2.72. The molecule has 0 saturated heterocycles. The molecule has 0 heterocycles. The van der Waals surface area contributed by atoms with Crippen LogP contribution in [-0.2, 0) is 9.59 Å². The van der Waals surface area contributed by atoms with Crippen LogP contribution in [0.1, 0.15) is 46.0 Å². The van der Waals surface area contributed by atoms with Crippen LogP contribution in [0.15, 0.2) is 0 Å². The Bertz CT molecular complexity index is 371. The molecule has 19 heavy (non-hydrogen) atoms. The van der Waals surface area contributed by atoms with Gasteiger partial charge in [0, 0.05) is 6.42 Å². The summed E-state index contributed by atoms with van der Waals surface area (Å²) in [6.07, 6.45) is -3.45. The zero-order valence-electron chi connectivity index (χ0n) is 10.9. The van der Waals surface area contributed by atoms with Crippen molar-refractivity contribution in [3.05, 3.63) is 0 Å². The Morgan fingerprint density at radius 1 is 1.21 bits per heavy atom. The maximum atomic E-state index is 12.7. The van der Waals surface area contributed by atoms with Gasteiger partial charge in [-0.25, -0.2) is 4.79 Å². The van der Waals surface area contributed by atoms with Crippen molar-refractivity contribution >= 4 is 11.9 Å². The molecule has 1 fully saturated rings. The molecule has 0 atom stereocenters. The number of alkyl halides is 3. The number of hydrogen-bond donors (Lipinski definition) is 2. The second kappa shape index (κ2) is 5.02. The first-order valence-corrected chi connectivity index (χ1v) is 6.11. The molecule has 1 aliphatic rings. The summed E-state index contributed by atoms with van der Waals surface area (Å²) < 4.78 is 38.0. The van der Waals surface area contributed by atoms with Gasteiger partial charge in [0.05, 0.1) is 5.41 Å². The van der Waals surface area contributed by atoms with Crippen LogP contribution in [0.5, 0.6) is 0 Å². The number of carboxylic acid groups (broad SMARTS) is 1. The first-order valence-electron chi connectivity index (χ1n) is 6.11. The van der Waals surface area contributed by atoms with Gasteiger partial charge in [-0.15, -0.1) is 0 Å². The molecule has 0 aliphatic heterocycles. The Hall–Kier alpha value is -1.27. The van der Waals surface area contributed by atoms with Gasteiger partial charge in [0.2, 0.25) is 5.91 Å². The molecular weight excluding hydrogens is 263 g/mol. The molecule has 1 rings (SSSR count). The summed E-state index contributed by atoms with van der Waals surface area (Å²) in [6.45, 7) is 1.85. The van der Waals surface area contributed by atoms with Crippen LogP contribution in [0.25, 0.3) is 0 Å². The van der Waals surface area contributed by atoms with Crippen LogP contribution in [0.4, 0.5) is 13.2 Å². The van der Waals surface area contributed by atoms with E-state index in [9.17, 15) is 22.8 Å². The number of amides is 1. The molecule has 0 aromatic carbocycles. The highest BCUT2D eigenvalue weighted by Gasteiger charge is 2.50. The van der Waals surface area contributed by atoms with Gasteiger partial charge in [-0.3, -0.25) is 4.79 Å². The first kappa shape index (κ1) is 15.8. The third-order valence-corrected chi connectivity index (χ3v) is 3.62. The van der Waals surface area contributed by atoms with Crippen LogP contribution in [0.3, 0.4) is 0 Å². The van der Waals surface area contributed by atoms with E-state index in [0.717, 1.165) is 13.8 Å². The summed E-state index contributed by atoms with van der Waals surface area (Å²) in [4.78, 5) is 22.9. The Labute approximate surface area is 109 Å². The summed E-state index contributed by atoms with van der Waals surface area (Å²) in [5.74, 6) is -2.05. The minimum absolute atomic E-state index is 0.264. The molecule has 0 bridgehead atoms. The van der Waals surface area contributed by atoms with Crippen molar-refractivity contribution < 1.29 is 27.9 Å². The number of rotatable bonds is 4. The summed E-state index contributed by atoms with van der Waals surface area (Å²) in [5, 5.41) is 11.4. The average Bonchev–Trinajstić information content (AvgIpc) is 2.64. The SMILES string of the molecule is CC(C)(CC(=O)NC1(C(=O)O)CCCC1)C(F)(F)F. The minimum atomic E-state index is -4.50. The van der Waals surface area contributed by atoms with E-state index in [0.29, 0.717) is 12.8 Å². The molecule has 1 amide bonds. The summed E-state index contributed by atoms with van der Waals surface area (Å²) in [7, 11) is 0. The lowest BCUT2D eigenvalue weighted by molar-refractivity contribution is -0.214. The second-order valence-electron chi connectivity index (χ2n) is 5.70. The van der Waals surface area contributed by atoms with Crippen molar-refractivity contribution in [2.75, 3.05) is 0 Å². The molecule has 7 heteroatoms. The quantitative estimate of drug-likeness (QED) is 0.832. The van der Waals surface area contributed by atoms with Crippen molar-refractivity contribution in [2.45, 2.75) is 57.7 Å². The molecule has 0 unspecified atom stereocenters. The lowest BCUT2D eigenvalue weighted by Gasteiger charge is -2.30. The Morgan fingerprint density at radius 3 is 2.05 bits per heavy atom. The number of nitrogens with one attached hydrogen (secondary N) is 1. The van der Waals surface area contributed by atoms with Gasteiger partial charge in [-0.1, -0.05) is 26.7 Å². The predicted molar refractivity (Wildman–Crippen MR) is 61.4 cm³/mol. The average molecular weight is 281 g/mol. The standard InChI is InChI=1S/C12H18F3NO3/c1-10(2,12(13,14)15)7-8(17)16-11(9(18)19)5-3-4-6-11/h3-7H2,1-2H3,(H,16,17)(H,18,19). The first-order chi connectivity index (χ1) is 8.50. The topological polar surface area (TPSA) is 66.4 Å². The van der Waals surface area contributed by atoms with E-state index >= 15 is 0 Å². The van der Waals surface area contributed by atoms with E-state index in [2.05, 4.69) is 5.32 Å². The highest BCUT2D eigenvalue weighted by Crippen LogP contribution is 2.40. The Kier molecular flexibility index (Phi) is 4.17. The summed E-state index contributed by atoms with van der Waals surface area (Å²) in [5.41, 5.74) is -3.56. The van der Waals surface area contributed by atoms with Gasteiger partial charge in [-0.05, 0) is 12.8 Å². The van der Waals surface area contributed by atoms with Gasteiger partial charge in [0.15, 0.2) is 0 Å². The van der Waals surface area contributed by atoms with E-state index in [1.165, 1.54) is 0 Å². The molecule has 4 nitrogen and oxygen atoms in total. The fourth-order valence-corrected chi connectivity index (χ4v) is 2.18. The zero-order valence-corrected chi connectivity index (χ0v) is 10.9. The fraction of sp³-hybridized carbons (Fsp3) is 0.833. The van der Waals surface area contributed by atoms with Crippen molar-refractivity contribution in [1.29, 1.82) is 0 Å². The normalized spacial score (nSPS) is 19.2. The van der Waals surface area contributed by atoms with Gasteiger partial charge >= 0.3 is 12.1 Å². The molecule has 1 saturated carbocycles. The number of aliphatic carboxylic acids is 1. The number of carbonyl (C=O) groups excluding carboxylic acids is 1. The van der Waals surface area contributed by atoms with Crippen molar-refractivity contribution in [3.63, 3.8) is 0 Å². The second-order valence-corrected chi connectivity index (χ2v) is 5.70. The molecule has 2 N–H and O–H groups in total. The van der Waals surface area contributed by atoms with Crippen LogP contribution in [-0.4, -0.2) is 28.7 Å². The monoisotopic (exact) mass is 281 g/mol. The molecule has 0 aromatic rings. The van der Waals surface area contributed by atoms with Crippen LogP contribution >= 0.6 is 0 Å². The zero-order chi connectivity index (χ0) is 14.9. The highest BCUT2D eigenvalue weighted by molar-refractivity contribution is 5.87. The Morgan fingerprint density at radius 2 is 1.68 bits per heavy atom. The number of carbonyl (C=O) groups is 2. The lowest BCUT2D eigenvalue weighted by Crippen LogP contribution is -2.53. The summed E-state index contributed by atoms with van der Waals surface area (Å²) >= 11 is 0. The molecule has 0 radical (unpaired) electrons. The fourth-order valence-electron chi connectivity index (χ4n) is 2.18. The number of hydrogen-bond acceptors (Lipinski definition) is 2. The predicted octanol–water partition coefficient (Wildman–Crippen LogP) is 2.48. The number of halogens is 3. The van der Waals surface area contributed by atoms with E-state index < -0.39 is 35.4 Å².